The van der Waals surface area contributed by atoms with Gasteiger partial charge in [-0.2, -0.15) is 0 Å². The Morgan fingerprint density at radius 2 is 2.10 bits per heavy atom. The maximum atomic E-state index is 11.8. The van der Waals surface area contributed by atoms with E-state index in [-0.39, 0.29) is 11.8 Å². The monoisotopic (exact) mass is 287 g/mol. The molecule has 1 aromatic carbocycles. The average molecular weight is 287 g/mol. The first-order chi connectivity index (χ1) is 9.74. The van der Waals surface area contributed by atoms with Crippen molar-refractivity contribution in [2.24, 2.45) is 0 Å². The highest BCUT2D eigenvalue weighted by Gasteiger charge is 2.21. The van der Waals surface area contributed by atoms with Crippen molar-refractivity contribution in [3.63, 3.8) is 0 Å². The number of hydrogen-bond donors (Lipinski definition) is 1. The standard InChI is InChI=1S/C14H13N3O2S/c18-13-2-1-7-17(13)11-5-3-10(4-6-11)16-14(19)12-8-20-9-15-12/h3-6,8-9H,1-2,7H2,(H,16,19). The molecule has 0 spiro atoms. The molecule has 1 aliphatic heterocycles. The number of carbonyl (C=O) groups excluding carboxylic acids is 2. The Kier molecular flexibility index (Phi) is 3.47. The third-order valence-corrected chi connectivity index (χ3v) is 3.76. The van der Waals surface area contributed by atoms with E-state index >= 15 is 0 Å². The molecule has 2 amide bonds. The van der Waals surface area contributed by atoms with Crippen LogP contribution in [0.1, 0.15) is 23.3 Å². The van der Waals surface area contributed by atoms with Crippen molar-refractivity contribution >= 4 is 34.5 Å². The van der Waals surface area contributed by atoms with Crippen LogP contribution in [0, 0.1) is 0 Å². The summed E-state index contributed by atoms with van der Waals surface area (Å²) in [4.78, 5) is 29.2. The number of amides is 2. The molecule has 20 heavy (non-hydrogen) atoms. The molecule has 3 rings (SSSR count). The lowest BCUT2D eigenvalue weighted by Crippen LogP contribution is -2.23. The highest BCUT2D eigenvalue weighted by atomic mass is 32.1. The van der Waals surface area contributed by atoms with Crippen molar-refractivity contribution in [3.05, 3.63) is 40.8 Å². The van der Waals surface area contributed by atoms with Gasteiger partial charge in [-0.1, -0.05) is 0 Å². The lowest BCUT2D eigenvalue weighted by Gasteiger charge is -2.15. The second kappa shape index (κ2) is 5.42. The van der Waals surface area contributed by atoms with E-state index in [1.165, 1.54) is 11.3 Å². The van der Waals surface area contributed by atoms with E-state index in [2.05, 4.69) is 10.3 Å². The quantitative estimate of drug-likeness (QED) is 0.943. The summed E-state index contributed by atoms with van der Waals surface area (Å²) in [6.07, 6.45) is 1.52. The molecule has 0 unspecified atom stereocenters. The molecule has 5 nitrogen and oxygen atoms in total. The topological polar surface area (TPSA) is 62.3 Å². The molecule has 0 radical (unpaired) electrons. The Bertz CT molecular complexity index is 622. The van der Waals surface area contributed by atoms with Crippen molar-refractivity contribution < 1.29 is 9.59 Å². The largest absolute Gasteiger partial charge is 0.321 e. The first kappa shape index (κ1) is 12.8. The van der Waals surface area contributed by atoms with Gasteiger partial charge in [-0.15, -0.1) is 11.3 Å². The molecule has 2 aromatic rings. The maximum Gasteiger partial charge on any atom is 0.275 e. The lowest BCUT2D eigenvalue weighted by atomic mass is 10.2. The van der Waals surface area contributed by atoms with Crippen molar-refractivity contribution in [3.8, 4) is 0 Å². The first-order valence-electron chi connectivity index (χ1n) is 6.34. The summed E-state index contributed by atoms with van der Waals surface area (Å²) >= 11 is 1.38. The maximum absolute atomic E-state index is 11.8. The summed E-state index contributed by atoms with van der Waals surface area (Å²) in [6.45, 7) is 0.767. The predicted molar refractivity (Wildman–Crippen MR) is 78.1 cm³/mol. The molecule has 0 atom stereocenters. The smallest absolute Gasteiger partial charge is 0.275 e. The Hall–Kier alpha value is -2.21. The molecule has 0 bridgehead atoms. The molecule has 102 valence electrons. The van der Waals surface area contributed by atoms with Crippen molar-refractivity contribution in [1.29, 1.82) is 0 Å². The molecule has 1 aliphatic rings. The number of nitrogens with zero attached hydrogens (tertiary/aromatic N) is 2. The summed E-state index contributed by atoms with van der Waals surface area (Å²) in [5, 5.41) is 4.48. The van der Waals surface area contributed by atoms with Crippen LogP contribution >= 0.6 is 11.3 Å². The van der Waals surface area contributed by atoms with Crippen LogP contribution in [-0.2, 0) is 4.79 Å². The van der Waals surface area contributed by atoms with E-state index in [0.717, 1.165) is 18.7 Å². The van der Waals surface area contributed by atoms with Crippen LogP contribution < -0.4 is 10.2 Å². The van der Waals surface area contributed by atoms with Crippen LogP contribution in [0.5, 0.6) is 0 Å². The Morgan fingerprint density at radius 1 is 1.30 bits per heavy atom. The van der Waals surface area contributed by atoms with E-state index in [0.29, 0.717) is 17.8 Å². The first-order valence-corrected chi connectivity index (χ1v) is 7.28. The van der Waals surface area contributed by atoms with Gasteiger partial charge in [0.2, 0.25) is 5.91 Å². The highest BCUT2D eigenvalue weighted by Crippen LogP contribution is 2.23. The number of carbonyl (C=O) groups is 2. The van der Waals surface area contributed by atoms with Crippen LogP contribution in [0.2, 0.25) is 0 Å². The molecule has 6 heteroatoms. The van der Waals surface area contributed by atoms with E-state index in [1.807, 2.05) is 12.1 Å². The third-order valence-electron chi connectivity index (χ3n) is 3.18. The summed E-state index contributed by atoms with van der Waals surface area (Å²) in [7, 11) is 0. The third kappa shape index (κ3) is 2.55. The van der Waals surface area contributed by atoms with Crippen LogP contribution in [-0.4, -0.2) is 23.3 Å². The van der Waals surface area contributed by atoms with Gasteiger partial charge in [0.05, 0.1) is 5.51 Å². The zero-order valence-electron chi connectivity index (χ0n) is 10.7. The number of hydrogen-bond acceptors (Lipinski definition) is 4. The van der Waals surface area contributed by atoms with E-state index in [4.69, 9.17) is 0 Å². The van der Waals surface area contributed by atoms with Gasteiger partial charge in [-0.25, -0.2) is 4.98 Å². The van der Waals surface area contributed by atoms with Crippen LogP contribution in [0.3, 0.4) is 0 Å². The van der Waals surface area contributed by atoms with Gasteiger partial charge < -0.3 is 10.2 Å². The summed E-state index contributed by atoms with van der Waals surface area (Å²) in [5.74, 6) is -0.0690. The van der Waals surface area contributed by atoms with Gasteiger partial charge >= 0.3 is 0 Å². The molecule has 1 N–H and O–H groups in total. The van der Waals surface area contributed by atoms with E-state index in [1.54, 1.807) is 27.9 Å². The highest BCUT2D eigenvalue weighted by molar-refractivity contribution is 7.07. The van der Waals surface area contributed by atoms with E-state index < -0.39 is 0 Å². The fraction of sp³-hybridized carbons (Fsp3) is 0.214. The van der Waals surface area contributed by atoms with E-state index in [9.17, 15) is 9.59 Å². The minimum absolute atomic E-state index is 0.157. The minimum atomic E-state index is -0.226. The minimum Gasteiger partial charge on any atom is -0.321 e. The molecule has 1 aromatic heterocycles. The van der Waals surface area contributed by atoms with Gasteiger partial charge in [0.15, 0.2) is 0 Å². The lowest BCUT2D eigenvalue weighted by molar-refractivity contribution is -0.117. The molecule has 0 saturated carbocycles. The van der Waals surface area contributed by atoms with Gasteiger partial charge in [-0.05, 0) is 30.7 Å². The Balaban J connectivity index is 1.70. The van der Waals surface area contributed by atoms with Crippen LogP contribution in [0.25, 0.3) is 0 Å². The fourth-order valence-corrected chi connectivity index (χ4v) is 2.70. The molecular weight excluding hydrogens is 274 g/mol. The van der Waals surface area contributed by atoms with Crippen molar-refractivity contribution in [2.45, 2.75) is 12.8 Å². The fourth-order valence-electron chi connectivity index (χ4n) is 2.17. The van der Waals surface area contributed by atoms with Crippen LogP contribution in [0.4, 0.5) is 11.4 Å². The van der Waals surface area contributed by atoms with Crippen molar-refractivity contribution in [1.82, 2.24) is 4.98 Å². The molecule has 2 heterocycles. The second-order valence-electron chi connectivity index (χ2n) is 4.52. The average Bonchev–Trinajstić information content (AvgIpc) is 3.11. The summed E-state index contributed by atoms with van der Waals surface area (Å²) in [5.41, 5.74) is 3.60. The summed E-state index contributed by atoms with van der Waals surface area (Å²) in [6, 6.07) is 7.29. The number of aromatic nitrogens is 1. The number of nitrogens with one attached hydrogen (secondary N) is 1. The summed E-state index contributed by atoms with van der Waals surface area (Å²) < 4.78 is 0. The van der Waals surface area contributed by atoms with Gasteiger partial charge in [0.25, 0.3) is 5.91 Å². The zero-order valence-corrected chi connectivity index (χ0v) is 11.5. The molecule has 1 fully saturated rings. The predicted octanol–water partition coefficient (Wildman–Crippen LogP) is 2.52. The van der Waals surface area contributed by atoms with Gasteiger partial charge in [0, 0.05) is 29.7 Å². The zero-order chi connectivity index (χ0) is 13.9. The van der Waals surface area contributed by atoms with Crippen LogP contribution in [0.15, 0.2) is 35.2 Å². The number of rotatable bonds is 3. The number of benzene rings is 1. The van der Waals surface area contributed by atoms with Gasteiger partial charge in [0.1, 0.15) is 5.69 Å². The number of thiazole rings is 1. The van der Waals surface area contributed by atoms with Gasteiger partial charge in [-0.3, -0.25) is 9.59 Å². The van der Waals surface area contributed by atoms with Crippen molar-refractivity contribution in [2.75, 3.05) is 16.8 Å². The SMILES string of the molecule is O=C(Nc1ccc(N2CCCC2=O)cc1)c1cscn1. The Morgan fingerprint density at radius 3 is 2.70 bits per heavy atom. The molecule has 1 saturated heterocycles. The Labute approximate surface area is 120 Å². The molecular formula is C14H13N3O2S. The molecule has 0 aliphatic carbocycles. The normalized spacial score (nSPS) is 14.6. The number of anilines is 2. The second-order valence-corrected chi connectivity index (χ2v) is 5.24.